The minimum absolute atomic E-state index is 0.817. The van der Waals surface area contributed by atoms with Gasteiger partial charge in [0, 0.05) is 30.7 Å². The number of hydrogen-bond donors (Lipinski definition) is 1. The molecule has 18 heavy (non-hydrogen) atoms. The van der Waals surface area contributed by atoms with Gasteiger partial charge in [-0.15, -0.1) is 0 Å². The van der Waals surface area contributed by atoms with Gasteiger partial charge in [0.1, 0.15) is 0 Å². The quantitative estimate of drug-likeness (QED) is 0.752. The van der Waals surface area contributed by atoms with Crippen LogP contribution in [0.15, 0.2) is 0 Å². The zero-order valence-electron chi connectivity index (χ0n) is 11.8. The molecule has 3 nitrogen and oxygen atoms in total. The monoisotopic (exact) mass is 249 g/mol. The molecule has 102 valence electrons. The highest BCUT2D eigenvalue weighted by Gasteiger charge is 2.47. The van der Waals surface area contributed by atoms with Gasteiger partial charge >= 0.3 is 0 Å². The summed E-state index contributed by atoms with van der Waals surface area (Å²) < 4.78 is 0. The summed E-state index contributed by atoms with van der Waals surface area (Å²) in [5, 5.41) is 3.58. The van der Waals surface area contributed by atoms with Gasteiger partial charge in [-0.1, -0.05) is 0 Å². The molecule has 4 aliphatic rings. The second kappa shape index (κ2) is 4.19. The van der Waals surface area contributed by atoms with Crippen LogP contribution >= 0.6 is 0 Å². The van der Waals surface area contributed by atoms with E-state index in [9.17, 15) is 0 Å². The maximum absolute atomic E-state index is 3.58. The predicted octanol–water partition coefficient (Wildman–Crippen LogP) is 1.15. The Balaban J connectivity index is 1.49. The third-order valence-electron chi connectivity index (χ3n) is 6.52. The van der Waals surface area contributed by atoms with E-state index in [1.54, 1.807) is 0 Å². The zero-order valence-corrected chi connectivity index (χ0v) is 11.8. The smallest absolute Gasteiger partial charge is 0.0128 e. The third-order valence-corrected chi connectivity index (χ3v) is 6.52. The van der Waals surface area contributed by atoms with Gasteiger partial charge in [0.25, 0.3) is 0 Å². The van der Waals surface area contributed by atoms with Crippen LogP contribution < -0.4 is 5.32 Å². The Morgan fingerprint density at radius 3 is 2.39 bits per heavy atom. The van der Waals surface area contributed by atoms with Crippen LogP contribution in [0.1, 0.15) is 32.6 Å². The highest BCUT2D eigenvalue weighted by molar-refractivity contribution is 5.03. The number of piperidine rings is 1. The molecule has 3 heteroatoms. The lowest BCUT2D eigenvalue weighted by molar-refractivity contribution is 0.0651. The second-order valence-electron chi connectivity index (χ2n) is 7.20. The molecule has 4 saturated heterocycles. The third kappa shape index (κ3) is 1.60. The van der Waals surface area contributed by atoms with Crippen LogP contribution in [-0.4, -0.2) is 60.6 Å². The number of nitrogens with zero attached hydrogens (tertiary/aromatic N) is 2. The van der Waals surface area contributed by atoms with Crippen LogP contribution in [0.25, 0.3) is 0 Å². The highest BCUT2D eigenvalue weighted by Crippen LogP contribution is 2.41. The molecule has 0 aliphatic carbocycles. The molecule has 4 rings (SSSR count). The summed E-state index contributed by atoms with van der Waals surface area (Å²) in [4.78, 5) is 5.55. The van der Waals surface area contributed by atoms with Crippen LogP contribution in [0, 0.1) is 11.8 Å². The van der Waals surface area contributed by atoms with Crippen LogP contribution in [0.5, 0.6) is 0 Å². The molecule has 4 heterocycles. The largest absolute Gasteiger partial charge is 0.316 e. The molecule has 2 bridgehead atoms. The maximum Gasteiger partial charge on any atom is 0.0128 e. The van der Waals surface area contributed by atoms with Gasteiger partial charge in [-0.05, 0) is 64.6 Å². The van der Waals surface area contributed by atoms with Gasteiger partial charge < -0.3 is 10.2 Å². The molecular formula is C15H27N3. The molecule has 0 aromatic rings. The second-order valence-corrected chi connectivity index (χ2v) is 7.20. The number of likely N-dealkylation sites (tertiary alicyclic amines) is 1. The van der Waals surface area contributed by atoms with Gasteiger partial charge in [-0.3, -0.25) is 4.90 Å². The maximum atomic E-state index is 3.58. The van der Waals surface area contributed by atoms with E-state index in [2.05, 4.69) is 29.1 Å². The Kier molecular flexibility index (Phi) is 2.72. The molecule has 5 unspecified atom stereocenters. The Bertz CT molecular complexity index is 318. The summed E-state index contributed by atoms with van der Waals surface area (Å²) in [6.45, 7) is 6.39. The van der Waals surface area contributed by atoms with Crippen molar-refractivity contribution >= 4 is 0 Å². The fourth-order valence-electron chi connectivity index (χ4n) is 5.34. The average molecular weight is 249 g/mol. The fourth-order valence-corrected chi connectivity index (χ4v) is 5.34. The van der Waals surface area contributed by atoms with E-state index in [4.69, 9.17) is 0 Å². The van der Waals surface area contributed by atoms with Gasteiger partial charge in [0.05, 0.1) is 0 Å². The van der Waals surface area contributed by atoms with Gasteiger partial charge in [-0.25, -0.2) is 0 Å². The molecule has 0 aromatic carbocycles. The number of hydrogen-bond acceptors (Lipinski definition) is 3. The van der Waals surface area contributed by atoms with E-state index >= 15 is 0 Å². The first-order valence-corrected chi connectivity index (χ1v) is 7.92. The number of nitrogens with one attached hydrogen (secondary N) is 1. The van der Waals surface area contributed by atoms with Crippen molar-refractivity contribution in [2.75, 3.05) is 26.7 Å². The van der Waals surface area contributed by atoms with E-state index in [0.29, 0.717) is 0 Å². The molecule has 0 aromatic heterocycles. The van der Waals surface area contributed by atoms with E-state index < -0.39 is 0 Å². The minimum Gasteiger partial charge on any atom is -0.316 e. The topological polar surface area (TPSA) is 18.5 Å². The summed E-state index contributed by atoms with van der Waals surface area (Å²) in [5.74, 6) is 1.87. The Morgan fingerprint density at radius 2 is 1.72 bits per heavy atom. The van der Waals surface area contributed by atoms with Crippen LogP contribution in [0.3, 0.4) is 0 Å². The van der Waals surface area contributed by atoms with Crippen molar-refractivity contribution in [2.45, 2.75) is 56.8 Å². The normalized spacial score (nSPS) is 53.0. The summed E-state index contributed by atoms with van der Waals surface area (Å²) in [5.41, 5.74) is 0. The van der Waals surface area contributed by atoms with Crippen molar-refractivity contribution < 1.29 is 0 Å². The van der Waals surface area contributed by atoms with Crippen molar-refractivity contribution in [1.82, 2.24) is 15.1 Å². The van der Waals surface area contributed by atoms with Crippen LogP contribution in [0.2, 0.25) is 0 Å². The van der Waals surface area contributed by atoms with E-state index in [-0.39, 0.29) is 0 Å². The number of rotatable bonds is 1. The van der Waals surface area contributed by atoms with Crippen molar-refractivity contribution in [3.05, 3.63) is 0 Å². The lowest BCUT2D eigenvalue weighted by Gasteiger charge is -2.42. The number of fused-ring (bicyclic) bond motifs is 3. The first kappa shape index (κ1) is 11.7. The Labute approximate surface area is 111 Å². The van der Waals surface area contributed by atoms with Crippen LogP contribution in [-0.2, 0) is 0 Å². The molecule has 1 N–H and O–H groups in total. The van der Waals surface area contributed by atoms with Crippen LogP contribution in [0.4, 0.5) is 0 Å². The van der Waals surface area contributed by atoms with Gasteiger partial charge in [0.2, 0.25) is 0 Å². The summed E-state index contributed by atoms with van der Waals surface area (Å²) >= 11 is 0. The first-order chi connectivity index (χ1) is 8.74. The SMILES string of the molecule is CC1C2CNCC2CN1C1CC2CCC(C1)N2C. The lowest BCUT2D eigenvalue weighted by Crippen LogP contribution is -2.50. The first-order valence-electron chi connectivity index (χ1n) is 7.92. The summed E-state index contributed by atoms with van der Waals surface area (Å²) in [7, 11) is 2.35. The molecule has 0 radical (unpaired) electrons. The predicted molar refractivity (Wildman–Crippen MR) is 73.6 cm³/mol. The average Bonchev–Trinajstić information content (AvgIpc) is 2.96. The lowest BCUT2D eigenvalue weighted by atomic mass is 9.94. The van der Waals surface area contributed by atoms with E-state index in [1.807, 2.05) is 0 Å². The standard InChI is InChI=1S/C15H27N3/c1-10-15-8-16-7-11(15)9-18(10)14-5-12-3-4-13(6-14)17(12)2/h10-16H,3-9H2,1-2H3. The molecule has 5 atom stereocenters. The molecule has 0 saturated carbocycles. The molecular weight excluding hydrogens is 222 g/mol. The molecule has 0 amide bonds. The van der Waals surface area contributed by atoms with E-state index in [1.165, 1.54) is 45.3 Å². The summed E-state index contributed by atoms with van der Waals surface area (Å²) in [6, 6.07) is 3.48. The van der Waals surface area contributed by atoms with E-state index in [0.717, 1.165) is 36.0 Å². The molecule has 0 spiro atoms. The molecule has 4 aliphatic heterocycles. The van der Waals surface area contributed by atoms with Crippen molar-refractivity contribution in [2.24, 2.45) is 11.8 Å². The summed E-state index contributed by atoms with van der Waals surface area (Å²) in [6.07, 6.45) is 5.77. The van der Waals surface area contributed by atoms with Crippen molar-refractivity contribution in [3.8, 4) is 0 Å². The highest BCUT2D eigenvalue weighted by atomic mass is 15.3. The molecule has 4 fully saturated rings. The van der Waals surface area contributed by atoms with Crippen molar-refractivity contribution in [1.29, 1.82) is 0 Å². The minimum atomic E-state index is 0.817. The Morgan fingerprint density at radius 1 is 1.00 bits per heavy atom. The van der Waals surface area contributed by atoms with Crippen molar-refractivity contribution in [3.63, 3.8) is 0 Å². The van der Waals surface area contributed by atoms with Gasteiger partial charge in [-0.2, -0.15) is 0 Å². The fraction of sp³-hybridized carbons (Fsp3) is 1.00. The Hall–Kier alpha value is -0.120. The van der Waals surface area contributed by atoms with Gasteiger partial charge in [0.15, 0.2) is 0 Å². The zero-order chi connectivity index (χ0) is 12.3.